The maximum absolute atomic E-state index is 4.71. The second-order valence-electron chi connectivity index (χ2n) is 7.17. The minimum absolute atomic E-state index is 0.719. The van der Waals surface area contributed by atoms with Crippen LogP contribution >= 0.6 is 11.8 Å². The smallest absolute Gasteiger partial charge is 0.193 e. The number of rotatable bonds is 4. The first-order valence-corrected chi connectivity index (χ1v) is 11.1. The molecule has 5 nitrogen and oxygen atoms in total. The molecule has 2 aliphatic rings. The highest BCUT2D eigenvalue weighted by atomic mass is 32.2. The van der Waals surface area contributed by atoms with E-state index >= 15 is 0 Å². The zero-order valence-electron chi connectivity index (χ0n) is 16.3. The maximum Gasteiger partial charge on any atom is 0.193 e. The second kappa shape index (κ2) is 10.0. The second-order valence-corrected chi connectivity index (χ2v) is 8.58. The number of anilines is 1. The summed E-state index contributed by atoms with van der Waals surface area (Å²) in [4.78, 5) is 14.0. The van der Waals surface area contributed by atoms with Gasteiger partial charge in [-0.25, -0.2) is 4.98 Å². The van der Waals surface area contributed by atoms with Gasteiger partial charge in [-0.1, -0.05) is 25.8 Å². The van der Waals surface area contributed by atoms with Gasteiger partial charge in [0.25, 0.3) is 0 Å². The summed E-state index contributed by atoms with van der Waals surface area (Å²) >= 11 is 2.09. The van der Waals surface area contributed by atoms with Gasteiger partial charge in [0.05, 0.1) is 0 Å². The zero-order chi connectivity index (χ0) is 18.2. The minimum Gasteiger partial charge on any atom is -0.357 e. The van der Waals surface area contributed by atoms with Crippen LogP contribution in [0, 0.1) is 0 Å². The van der Waals surface area contributed by atoms with Crippen molar-refractivity contribution in [1.29, 1.82) is 0 Å². The SMILES string of the molecule is CCC1CN(C(=NC)NCc2ccc(N3CCCCCC3)nc2)CCS1. The lowest BCUT2D eigenvalue weighted by Gasteiger charge is -2.34. The molecule has 1 atom stereocenters. The van der Waals surface area contributed by atoms with Crippen LogP contribution in [0.2, 0.25) is 0 Å². The van der Waals surface area contributed by atoms with Crippen LogP contribution in [0.1, 0.15) is 44.6 Å². The van der Waals surface area contributed by atoms with Crippen molar-refractivity contribution in [3.8, 4) is 0 Å². The normalized spacial score (nSPS) is 22.2. The largest absolute Gasteiger partial charge is 0.357 e. The maximum atomic E-state index is 4.71. The third-order valence-corrected chi connectivity index (χ3v) is 6.67. The summed E-state index contributed by atoms with van der Waals surface area (Å²) in [6, 6.07) is 4.38. The highest BCUT2D eigenvalue weighted by molar-refractivity contribution is 8.00. The van der Waals surface area contributed by atoms with Crippen molar-refractivity contribution in [2.45, 2.75) is 50.8 Å². The molecule has 0 radical (unpaired) electrons. The van der Waals surface area contributed by atoms with E-state index in [0.29, 0.717) is 0 Å². The van der Waals surface area contributed by atoms with Gasteiger partial charge < -0.3 is 15.1 Å². The molecular weight excluding hydrogens is 342 g/mol. The van der Waals surface area contributed by atoms with E-state index in [-0.39, 0.29) is 0 Å². The number of guanidine groups is 1. The highest BCUT2D eigenvalue weighted by Gasteiger charge is 2.21. The Morgan fingerprint density at radius 1 is 1.23 bits per heavy atom. The van der Waals surface area contributed by atoms with Gasteiger partial charge >= 0.3 is 0 Å². The first-order chi connectivity index (χ1) is 12.8. The molecule has 0 bridgehead atoms. The molecule has 3 heterocycles. The minimum atomic E-state index is 0.719. The van der Waals surface area contributed by atoms with Crippen molar-refractivity contribution in [2.24, 2.45) is 4.99 Å². The molecule has 1 unspecified atom stereocenters. The molecule has 0 aliphatic carbocycles. The topological polar surface area (TPSA) is 43.8 Å². The Kier molecular flexibility index (Phi) is 7.47. The Morgan fingerprint density at radius 3 is 2.69 bits per heavy atom. The van der Waals surface area contributed by atoms with E-state index in [9.17, 15) is 0 Å². The molecule has 0 aromatic carbocycles. The molecule has 1 N–H and O–H groups in total. The molecule has 0 saturated carbocycles. The fourth-order valence-electron chi connectivity index (χ4n) is 3.68. The van der Waals surface area contributed by atoms with E-state index in [1.54, 1.807) is 0 Å². The van der Waals surface area contributed by atoms with E-state index in [1.165, 1.54) is 43.4 Å². The van der Waals surface area contributed by atoms with Crippen molar-refractivity contribution in [3.05, 3.63) is 23.9 Å². The van der Waals surface area contributed by atoms with Gasteiger partial charge in [0.1, 0.15) is 5.82 Å². The van der Waals surface area contributed by atoms with Crippen molar-refractivity contribution in [1.82, 2.24) is 15.2 Å². The van der Waals surface area contributed by atoms with Gasteiger partial charge in [0, 0.05) is 57.0 Å². The lowest BCUT2D eigenvalue weighted by atomic mass is 10.2. The van der Waals surface area contributed by atoms with Crippen LogP contribution in [-0.4, -0.2) is 60.1 Å². The summed E-state index contributed by atoms with van der Waals surface area (Å²) in [5, 5.41) is 4.24. The molecule has 144 valence electrons. The Hall–Kier alpha value is -1.43. The molecule has 2 aliphatic heterocycles. The summed E-state index contributed by atoms with van der Waals surface area (Å²) in [6.07, 6.45) is 8.51. The molecule has 26 heavy (non-hydrogen) atoms. The van der Waals surface area contributed by atoms with Gasteiger partial charge in [-0.05, 0) is 30.9 Å². The first-order valence-electron chi connectivity index (χ1n) is 10.1. The molecule has 6 heteroatoms. The van der Waals surface area contributed by atoms with Crippen molar-refractivity contribution in [3.63, 3.8) is 0 Å². The number of aliphatic imine (C=N–C) groups is 1. The zero-order valence-corrected chi connectivity index (χ0v) is 17.1. The van der Waals surface area contributed by atoms with Gasteiger partial charge in [-0.3, -0.25) is 4.99 Å². The van der Waals surface area contributed by atoms with Crippen LogP contribution < -0.4 is 10.2 Å². The van der Waals surface area contributed by atoms with E-state index in [2.05, 4.69) is 50.9 Å². The predicted octanol–water partition coefficient (Wildman–Crippen LogP) is 3.36. The lowest BCUT2D eigenvalue weighted by molar-refractivity contribution is 0.408. The molecule has 0 spiro atoms. The number of thioether (sulfide) groups is 1. The number of hydrogen-bond donors (Lipinski definition) is 1. The van der Waals surface area contributed by atoms with Gasteiger partial charge in [0.2, 0.25) is 0 Å². The summed E-state index contributed by atoms with van der Waals surface area (Å²) < 4.78 is 0. The molecule has 0 amide bonds. The van der Waals surface area contributed by atoms with Gasteiger partial charge in [-0.2, -0.15) is 11.8 Å². The lowest BCUT2D eigenvalue weighted by Crippen LogP contribution is -2.47. The van der Waals surface area contributed by atoms with Gasteiger partial charge in [0.15, 0.2) is 5.96 Å². The van der Waals surface area contributed by atoms with Crippen molar-refractivity contribution in [2.75, 3.05) is 43.9 Å². The molecule has 1 aromatic rings. The molecule has 2 fully saturated rings. The van der Waals surface area contributed by atoms with E-state index in [1.807, 2.05) is 13.2 Å². The number of nitrogens with one attached hydrogen (secondary N) is 1. The first kappa shape index (κ1) is 19.3. The molecule has 3 rings (SSSR count). The standard InChI is InChI=1S/C20H33N5S/c1-3-18-16-25(12-13-26-18)20(21-2)23-15-17-8-9-19(22-14-17)24-10-6-4-5-7-11-24/h8-9,14,18H,3-7,10-13,15-16H2,1-2H3,(H,21,23). The van der Waals surface area contributed by atoms with Crippen LogP contribution in [0.15, 0.2) is 23.3 Å². The third-order valence-electron chi connectivity index (χ3n) is 5.30. The number of pyridine rings is 1. The quantitative estimate of drug-likeness (QED) is 0.646. The monoisotopic (exact) mass is 375 g/mol. The summed E-state index contributed by atoms with van der Waals surface area (Å²) in [5.41, 5.74) is 1.21. The van der Waals surface area contributed by atoms with Crippen LogP contribution in [-0.2, 0) is 6.54 Å². The fourth-order valence-corrected chi connectivity index (χ4v) is 4.86. The Balaban J connectivity index is 1.53. The van der Waals surface area contributed by atoms with E-state index in [4.69, 9.17) is 4.98 Å². The van der Waals surface area contributed by atoms with Crippen molar-refractivity contribution < 1.29 is 0 Å². The number of aromatic nitrogens is 1. The van der Waals surface area contributed by atoms with Crippen LogP contribution in [0.5, 0.6) is 0 Å². The van der Waals surface area contributed by atoms with Crippen LogP contribution in [0.25, 0.3) is 0 Å². The molecule has 2 saturated heterocycles. The van der Waals surface area contributed by atoms with Crippen LogP contribution in [0.3, 0.4) is 0 Å². The van der Waals surface area contributed by atoms with Gasteiger partial charge in [-0.15, -0.1) is 0 Å². The summed E-state index contributed by atoms with van der Waals surface area (Å²) in [5.74, 6) is 3.32. The summed E-state index contributed by atoms with van der Waals surface area (Å²) in [7, 11) is 1.88. The fraction of sp³-hybridized carbons (Fsp3) is 0.700. The van der Waals surface area contributed by atoms with E-state index in [0.717, 1.165) is 49.8 Å². The Morgan fingerprint density at radius 2 is 2.04 bits per heavy atom. The number of nitrogens with zero attached hydrogens (tertiary/aromatic N) is 4. The molecular formula is C20H33N5S. The number of hydrogen-bond acceptors (Lipinski definition) is 4. The average molecular weight is 376 g/mol. The summed E-state index contributed by atoms with van der Waals surface area (Å²) in [6.45, 7) is 7.50. The molecule has 1 aromatic heterocycles. The van der Waals surface area contributed by atoms with Crippen LogP contribution in [0.4, 0.5) is 5.82 Å². The van der Waals surface area contributed by atoms with Crippen molar-refractivity contribution >= 4 is 23.5 Å². The third kappa shape index (κ3) is 5.29. The van der Waals surface area contributed by atoms with E-state index < -0.39 is 0 Å². The Bertz CT molecular complexity index is 566. The highest BCUT2D eigenvalue weighted by Crippen LogP contribution is 2.21. The Labute approximate surface area is 162 Å². The average Bonchev–Trinajstić information content (AvgIpc) is 2.99. The predicted molar refractivity (Wildman–Crippen MR) is 113 cm³/mol.